The average Bonchev–Trinajstić information content (AvgIpc) is 2.03. The first kappa shape index (κ1) is 9.68. The van der Waals surface area contributed by atoms with Crippen LogP contribution in [0.15, 0.2) is 11.8 Å². The van der Waals surface area contributed by atoms with E-state index in [9.17, 15) is 9.59 Å². The van der Waals surface area contributed by atoms with Crippen molar-refractivity contribution in [2.45, 2.75) is 13.3 Å². The molecule has 62 valence electrons. The van der Waals surface area contributed by atoms with Gasteiger partial charge in [-0.25, -0.2) is 4.79 Å². The van der Waals surface area contributed by atoms with E-state index in [1.807, 2.05) is 6.92 Å². The van der Waals surface area contributed by atoms with Crippen LogP contribution in [0.4, 0.5) is 0 Å². The zero-order chi connectivity index (χ0) is 8.69. The highest BCUT2D eigenvalue weighted by Crippen LogP contribution is 1.93. The van der Waals surface area contributed by atoms with Gasteiger partial charge in [0.05, 0.1) is 7.11 Å². The molecular weight excluding hydrogens is 146 g/mol. The van der Waals surface area contributed by atoms with Crippen molar-refractivity contribution in [1.82, 2.24) is 5.32 Å². The number of allylic oxidation sites excluding steroid dienone is 1. The van der Waals surface area contributed by atoms with Gasteiger partial charge in [0.2, 0.25) is 6.41 Å². The van der Waals surface area contributed by atoms with Gasteiger partial charge in [0.25, 0.3) is 0 Å². The highest BCUT2D eigenvalue weighted by molar-refractivity contribution is 5.89. The number of carbonyl (C=O) groups excluding carboxylic acids is 2. The summed E-state index contributed by atoms with van der Waals surface area (Å²) in [4.78, 5) is 20.7. The lowest BCUT2D eigenvalue weighted by Crippen LogP contribution is -2.19. The van der Waals surface area contributed by atoms with Crippen molar-refractivity contribution < 1.29 is 14.3 Å². The summed E-state index contributed by atoms with van der Waals surface area (Å²) in [6, 6.07) is 0. The third-order valence-corrected chi connectivity index (χ3v) is 1.03. The fraction of sp³-hybridized carbons (Fsp3) is 0.429. The molecule has 0 aromatic carbocycles. The van der Waals surface area contributed by atoms with Gasteiger partial charge in [0.1, 0.15) is 5.70 Å². The second-order valence-electron chi connectivity index (χ2n) is 1.78. The first-order valence-electron chi connectivity index (χ1n) is 3.24. The Labute approximate surface area is 65.2 Å². The van der Waals surface area contributed by atoms with E-state index >= 15 is 0 Å². The van der Waals surface area contributed by atoms with Gasteiger partial charge < -0.3 is 10.1 Å². The first-order valence-corrected chi connectivity index (χ1v) is 3.24. The zero-order valence-corrected chi connectivity index (χ0v) is 6.59. The van der Waals surface area contributed by atoms with Crippen molar-refractivity contribution in [3.8, 4) is 0 Å². The van der Waals surface area contributed by atoms with Crippen LogP contribution in [0, 0.1) is 0 Å². The molecule has 0 rings (SSSR count). The summed E-state index contributed by atoms with van der Waals surface area (Å²) in [7, 11) is 1.26. The second-order valence-corrected chi connectivity index (χ2v) is 1.78. The summed E-state index contributed by atoms with van der Waals surface area (Å²) < 4.78 is 4.39. The van der Waals surface area contributed by atoms with Gasteiger partial charge in [0, 0.05) is 0 Å². The van der Waals surface area contributed by atoms with E-state index in [1.165, 1.54) is 7.11 Å². The third kappa shape index (κ3) is 3.40. The molecular formula is C7H11NO3. The Bertz CT molecular complexity index is 175. The smallest absolute Gasteiger partial charge is 0.354 e. The number of nitrogens with one attached hydrogen (secondary N) is 1. The summed E-state index contributed by atoms with van der Waals surface area (Å²) in [5.74, 6) is -0.529. The van der Waals surface area contributed by atoms with Crippen molar-refractivity contribution >= 4 is 12.4 Å². The maximum absolute atomic E-state index is 10.8. The summed E-state index contributed by atoms with van der Waals surface area (Å²) in [6.07, 6.45) is 2.70. The van der Waals surface area contributed by atoms with Crippen molar-refractivity contribution in [3.63, 3.8) is 0 Å². The van der Waals surface area contributed by atoms with E-state index in [0.717, 1.165) is 0 Å². The highest BCUT2D eigenvalue weighted by atomic mass is 16.5. The Morgan fingerprint density at radius 3 is 2.64 bits per heavy atom. The number of methoxy groups -OCH3 is 1. The number of hydrogen-bond acceptors (Lipinski definition) is 3. The molecule has 0 spiro atoms. The molecule has 11 heavy (non-hydrogen) atoms. The minimum absolute atomic E-state index is 0.185. The second kappa shape index (κ2) is 5.46. The molecule has 0 bridgehead atoms. The van der Waals surface area contributed by atoms with Crippen LogP contribution in [-0.4, -0.2) is 19.5 Å². The van der Waals surface area contributed by atoms with E-state index in [-0.39, 0.29) is 5.70 Å². The predicted molar refractivity (Wildman–Crippen MR) is 39.6 cm³/mol. The summed E-state index contributed by atoms with van der Waals surface area (Å²) in [5.41, 5.74) is 0.185. The van der Waals surface area contributed by atoms with Crippen molar-refractivity contribution in [3.05, 3.63) is 11.8 Å². The molecule has 4 nitrogen and oxygen atoms in total. The van der Waals surface area contributed by atoms with Gasteiger partial charge in [-0.05, 0) is 6.42 Å². The normalized spacial score (nSPS) is 10.5. The van der Waals surface area contributed by atoms with Gasteiger partial charge in [-0.2, -0.15) is 0 Å². The number of amides is 1. The molecule has 0 aromatic rings. The Morgan fingerprint density at radius 2 is 2.27 bits per heavy atom. The lowest BCUT2D eigenvalue weighted by Gasteiger charge is -2.01. The van der Waals surface area contributed by atoms with Crippen molar-refractivity contribution in [2.75, 3.05) is 7.11 Å². The monoisotopic (exact) mass is 157 g/mol. The summed E-state index contributed by atoms with van der Waals surface area (Å²) in [6.45, 7) is 1.86. The molecule has 0 saturated heterocycles. The SMILES string of the molecule is CC/C=C(/NC=O)C(=O)OC. The largest absolute Gasteiger partial charge is 0.464 e. The van der Waals surface area contributed by atoms with Gasteiger partial charge in [-0.3, -0.25) is 4.79 Å². The van der Waals surface area contributed by atoms with Crippen LogP contribution in [0.25, 0.3) is 0 Å². The van der Waals surface area contributed by atoms with E-state index in [0.29, 0.717) is 12.8 Å². The Balaban J connectivity index is 4.20. The van der Waals surface area contributed by atoms with Crippen LogP contribution < -0.4 is 5.32 Å². The lowest BCUT2D eigenvalue weighted by molar-refractivity contribution is -0.137. The molecule has 4 heteroatoms. The van der Waals surface area contributed by atoms with Crippen LogP contribution in [-0.2, 0) is 14.3 Å². The predicted octanol–water partition coefficient (Wildman–Crippen LogP) is 0.199. The topological polar surface area (TPSA) is 55.4 Å². The molecule has 0 aliphatic rings. The fourth-order valence-electron chi connectivity index (χ4n) is 0.579. The Morgan fingerprint density at radius 1 is 1.64 bits per heavy atom. The number of rotatable bonds is 4. The molecule has 0 saturated carbocycles. The maximum Gasteiger partial charge on any atom is 0.354 e. The van der Waals surface area contributed by atoms with Crippen LogP contribution in [0.3, 0.4) is 0 Å². The van der Waals surface area contributed by atoms with Gasteiger partial charge in [0.15, 0.2) is 0 Å². The number of hydrogen-bond donors (Lipinski definition) is 1. The molecule has 0 atom stereocenters. The average molecular weight is 157 g/mol. The van der Waals surface area contributed by atoms with Crippen LogP contribution in [0.2, 0.25) is 0 Å². The van der Waals surface area contributed by atoms with Gasteiger partial charge in [-0.1, -0.05) is 13.0 Å². The standard InChI is InChI=1S/C7H11NO3/c1-3-4-6(8-5-9)7(10)11-2/h4-5H,3H2,1-2H3,(H,8,9)/b6-4+. The first-order chi connectivity index (χ1) is 5.26. The van der Waals surface area contributed by atoms with E-state index in [2.05, 4.69) is 10.1 Å². The van der Waals surface area contributed by atoms with Crippen LogP contribution in [0.1, 0.15) is 13.3 Å². The number of ether oxygens (including phenoxy) is 1. The summed E-state index contributed by atoms with van der Waals surface area (Å²) in [5, 5.41) is 2.24. The van der Waals surface area contributed by atoms with E-state index in [1.54, 1.807) is 6.08 Å². The Hall–Kier alpha value is -1.32. The molecule has 0 heterocycles. The summed E-state index contributed by atoms with van der Waals surface area (Å²) >= 11 is 0. The Kier molecular flexibility index (Phi) is 4.81. The minimum atomic E-state index is -0.529. The third-order valence-electron chi connectivity index (χ3n) is 1.03. The fourth-order valence-corrected chi connectivity index (χ4v) is 0.579. The molecule has 0 unspecified atom stereocenters. The molecule has 1 N–H and O–H groups in total. The van der Waals surface area contributed by atoms with Crippen LogP contribution in [0.5, 0.6) is 0 Å². The number of esters is 1. The molecule has 1 amide bonds. The minimum Gasteiger partial charge on any atom is -0.464 e. The van der Waals surface area contributed by atoms with Crippen molar-refractivity contribution in [2.24, 2.45) is 0 Å². The molecule has 0 radical (unpaired) electrons. The van der Waals surface area contributed by atoms with Gasteiger partial charge in [-0.15, -0.1) is 0 Å². The molecule has 0 aliphatic carbocycles. The van der Waals surface area contributed by atoms with Crippen molar-refractivity contribution in [1.29, 1.82) is 0 Å². The van der Waals surface area contributed by atoms with E-state index in [4.69, 9.17) is 0 Å². The molecule has 0 aromatic heterocycles. The highest BCUT2D eigenvalue weighted by Gasteiger charge is 2.05. The molecule has 0 aliphatic heterocycles. The van der Waals surface area contributed by atoms with Gasteiger partial charge >= 0.3 is 5.97 Å². The van der Waals surface area contributed by atoms with E-state index < -0.39 is 5.97 Å². The lowest BCUT2D eigenvalue weighted by atomic mass is 10.3. The quantitative estimate of drug-likeness (QED) is 0.360. The molecule has 0 fully saturated rings. The zero-order valence-electron chi connectivity index (χ0n) is 6.59. The maximum atomic E-state index is 10.8. The number of carbonyl (C=O) groups is 2. The van der Waals surface area contributed by atoms with Crippen LogP contribution >= 0.6 is 0 Å².